The molecular formula is C18H16ClN5O3S. The van der Waals surface area contributed by atoms with Crippen LogP contribution in [0, 0.1) is 13.8 Å². The first-order chi connectivity index (χ1) is 13.2. The highest BCUT2D eigenvalue weighted by Gasteiger charge is 2.16. The zero-order valence-corrected chi connectivity index (χ0v) is 16.5. The lowest BCUT2D eigenvalue weighted by Crippen LogP contribution is -2.15. The summed E-state index contributed by atoms with van der Waals surface area (Å²) in [5.74, 6) is 0.206. The largest absolute Gasteiger partial charge is 0.322 e. The second kappa shape index (κ2) is 7.91. The SMILES string of the molecule is Cc1cc(NS(=O)(=O)c2ccc(NC(=O)c3cccnc3Cl)cc2)nc(C)n1. The molecule has 0 spiro atoms. The minimum absolute atomic E-state index is 0.0267. The van der Waals surface area contributed by atoms with Gasteiger partial charge in [-0.05, 0) is 50.2 Å². The molecule has 28 heavy (non-hydrogen) atoms. The molecule has 0 radical (unpaired) electrons. The van der Waals surface area contributed by atoms with Crippen LogP contribution in [0.1, 0.15) is 21.9 Å². The Morgan fingerprint density at radius 2 is 1.79 bits per heavy atom. The molecule has 0 saturated carbocycles. The maximum atomic E-state index is 12.5. The summed E-state index contributed by atoms with van der Waals surface area (Å²) in [6.45, 7) is 3.43. The van der Waals surface area contributed by atoms with Crippen LogP contribution in [0.15, 0.2) is 53.6 Å². The molecule has 2 heterocycles. The van der Waals surface area contributed by atoms with Crippen LogP contribution in [0.4, 0.5) is 11.5 Å². The smallest absolute Gasteiger partial charge is 0.263 e. The van der Waals surface area contributed by atoms with Gasteiger partial charge in [0.25, 0.3) is 15.9 Å². The topological polar surface area (TPSA) is 114 Å². The van der Waals surface area contributed by atoms with Crippen molar-refractivity contribution in [2.24, 2.45) is 0 Å². The van der Waals surface area contributed by atoms with E-state index in [1.54, 1.807) is 26.0 Å². The Morgan fingerprint density at radius 1 is 1.07 bits per heavy atom. The number of carbonyl (C=O) groups is 1. The van der Waals surface area contributed by atoms with Crippen LogP contribution in [-0.2, 0) is 10.0 Å². The number of nitrogens with one attached hydrogen (secondary N) is 2. The van der Waals surface area contributed by atoms with Crippen molar-refractivity contribution in [3.63, 3.8) is 0 Å². The van der Waals surface area contributed by atoms with E-state index in [0.717, 1.165) is 0 Å². The van der Waals surface area contributed by atoms with Gasteiger partial charge >= 0.3 is 0 Å². The highest BCUT2D eigenvalue weighted by molar-refractivity contribution is 7.92. The number of pyridine rings is 1. The first-order valence-corrected chi connectivity index (χ1v) is 9.98. The third-order valence-electron chi connectivity index (χ3n) is 3.63. The predicted octanol–water partition coefficient (Wildman–Crippen LogP) is 3.19. The molecule has 0 fully saturated rings. The standard InChI is InChI=1S/C18H16ClN5O3S/c1-11-10-16(22-12(2)21-11)24-28(26,27)14-7-5-13(6-8-14)23-18(25)15-4-3-9-20-17(15)19/h3-10H,1-2H3,(H,23,25)(H,21,22,24). The minimum Gasteiger partial charge on any atom is -0.322 e. The quantitative estimate of drug-likeness (QED) is 0.616. The van der Waals surface area contributed by atoms with Crippen LogP contribution in [-0.4, -0.2) is 29.3 Å². The molecule has 0 aliphatic rings. The summed E-state index contributed by atoms with van der Waals surface area (Å²) < 4.78 is 27.5. The second-order valence-corrected chi connectivity index (χ2v) is 7.91. The summed E-state index contributed by atoms with van der Waals surface area (Å²) in [6, 6.07) is 10.4. The Bertz CT molecular complexity index is 1110. The molecule has 3 rings (SSSR count). The number of amides is 1. The maximum absolute atomic E-state index is 12.5. The Hall–Kier alpha value is -3.04. The van der Waals surface area contributed by atoms with E-state index in [2.05, 4.69) is 25.0 Å². The van der Waals surface area contributed by atoms with Crippen LogP contribution in [0.5, 0.6) is 0 Å². The molecule has 1 aromatic carbocycles. The molecule has 144 valence electrons. The Morgan fingerprint density at radius 3 is 2.43 bits per heavy atom. The van der Waals surface area contributed by atoms with Crippen LogP contribution in [0.2, 0.25) is 5.15 Å². The van der Waals surface area contributed by atoms with Gasteiger partial charge in [-0.25, -0.2) is 23.4 Å². The average molecular weight is 418 g/mol. The average Bonchev–Trinajstić information content (AvgIpc) is 2.61. The summed E-state index contributed by atoms with van der Waals surface area (Å²) in [5, 5.41) is 2.73. The van der Waals surface area contributed by atoms with Gasteiger partial charge in [-0.2, -0.15) is 0 Å². The number of carbonyl (C=O) groups excluding carboxylic acids is 1. The van der Waals surface area contributed by atoms with Gasteiger partial charge in [-0.15, -0.1) is 0 Å². The normalized spacial score (nSPS) is 11.1. The predicted molar refractivity (Wildman–Crippen MR) is 106 cm³/mol. The summed E-state index contributed by atoms with van der Waals surface area (Å²) >= 11 is 5.90. The number of hydrogen-bond donors (Lipinski definition) is 2. The van der Waals surface area contributed by atoms with Gasteiger partial charge in [0.15, 0.2) is 0 Å². The molecule has 0 bridgehead atoms. The van der Waals surface area contributed by atoms with E-state index >= 15 is 0 Å². The molecule has 0 aliphatic carbocycles. The lowest BCUT2D eigenvalue weighted by atomic mass is 10.2. The first-order valence-electron chi connectivity index (χ1n) is 8.11. The van der Waals surface area contributed by atoms with Crippen molar-refractivity contribution in [2.45, 2.75) is 18.7 Å². The molecule has 8 nitrogen and oxygen atoms in total. The maximum Gasteiger partial charge on any atom is 0.263 e. The van der Waals surface area contributed by atoms with E-state index in [4.69, 9.17) is 11.6 Å². The van der Waals surface area contributed by atoms with Crippen molar-refractivity contribution in [1.82, 2.24) is 15.0 Å². The molecule has 0 atom stereocenters. The number of halogens is 1. The zero-order chi connectivity index (χ0) is 20.3. The van der Waals surface area contributed by atoms with Gasteiger partial charge in [0.2, 0.25) is 0 Å². The fourth-order valence-corrected chi connectivity index (χ4v) is 3.63. The molecule has 2 aromatic heterocycles. The van der Waals surface area contributed by atoms with Gasteiger partial charge < -0.3 is 5.32 Å². The van der Waals surface area contributed by atoms with Crippen molar-refractivity contribution in [3.8, 4) is 0 Å². The zero-order valence-electron chi connectivity index (χ0n) is 15.0. The summed E-state index contributed by atoms with van der Waals surface area (Å²) in [5.41, 5.74) is 1.28. The number of aromatic nitrogens is 3. The summed E-state index contributed by atoms with van der Waals surface area (Å²) in [7, 11) is -3.84. The highest BCUT2D eigenvalue weighted by atomic mass is 35.5. The molecule has 3 aromatic rings. The van der Waals surface area contributed by atoms with Crippen LogP contribution in [0.25, 0.3) is 0 Å². The van der Waals surface area contributed by atoms with Crippen LogP contribution in [0.3, 0.4) is 0 Å². The Balaban J connectivity index is 1.76. The second-order valence-electron chi connectivity index (χ2n) is 5.87. The van der Waals surface area contributed by atoms with Crippen LogP contribution >= 0.6 is 11.6 Å². The minimum atomic E-state index is -3.84. The van der Waals surface area contributed by atoms with E-state index < -0.39 is 15.9 Å². The monoisotopic (exact) mass is 417 g/mol. The highest BCUT2D eigenvalue weighted by Crippen LogP contribution is 2.19. The third-order valence-corrected chi connectivity index (χ3v) is 5.30. The lowest BCUT2D eigenvalue weighted by molar-refractivity contribution is 0.102. The van der Waals surface area contributed by atoms with E-state index in [-0.39, 0.29) is 21.4 Å². The van der Waals surface area contributed by atoms with Gasteiger partial charge in [-0.1, -0.05) is 11.6 Å². The van der Waals surface area contributed by atoms with Crippen molar-refractivity contribution < 1.29 is 13.2 Å². The van der Waals surface area contributed by atoms with Crippen LogP contribution < -0.4 is 10.0 Å². The van der Waals surface area contributed by atoms with Crippen molar-refractivity contribution in [2.75, 3.05) is 10.0 Å². The van der Waals surface area contributed by atoms with E-state index in [1.165, 1.54) is 36.5 Å². The van der Waals surface area contributed by atoms with Gasteiger partial charge in [0, 0.05) is 23.6 Å². The number of sulfonamides is 1. The molecule has 0 unspecified atom stereocenters. The van der Waals surface area contributed by atoms with Crippen molar-refractivity contribution in [3.05, 3.63) is 70.9 Å². The van der Waals surface area contributed by atoms with E-state index in [9.17, 15) is 13.2 Å². The van der Waals surface area contributed by atoms with E-state index in [0.29, 0.717) is 17.2 Å². The van der Waals surface area contributed by atoms with Crippen molar-refractivity contribution >= 4 is 39.0 Å². The van der Waals surface area contributed by atoms with Gasteiger partial charge in [-0.3, -0.25) is 9.52 Å². The number of nitrogens with zero attached hydrogens (tertiary/aromatic N) is 3. The Labute approximate surface area is 167 Å². The third kappa shape index (κ3) is 4.62. The molecule has 2 N–H and O–H groups in total. The molecule has 10 heteroatoms. The first kappa shape index (κ1) is 19.7. The number of benzene rings is 1. The molecular weight excluding hydrogens is 402 g/mol. The molecule has 0 saturated heterocycles. The van der Waals surface area contributed by atoms with E-state index in [1.807, 2.05) is 0 Å². The fourth-order valence-electron chi connectivity index (χ4n) is 2.44. The number of aryl methyl sites for hydroxylation is 2. The van der Waals surface area contributed by atoms with Gasteiger partial charge in [0.1, 0.15) is 16.8 Å². The Kier molecular flexibility index (Phi) is 5.57. The number of anilines is 2. The lowest BCUT2D eigenvalue weighted by Gasteiger charge is -2.10. The van der Waals surface area contributed by atoms with Crippen molar-refractivity contribution in [1.29, 1.82) is 0 Å². The molecule has 1 amide bonds. The summed E-state index contributed by atoms with van der Waals surface area (Å²) in [4.78, 5) is 24.3. The number of hydrogen-bond acceptors (Lipinski definition) is 6. The summed E-state index contributed by atoms with van der Waals surface area (Å²) in [6.07, 6.45) is 1.48. The molecule has 0 aliphatic heterocycles. The van der Waals surface area contributed by atoms with Gasteiger partial charge in [0.05, 0.1) is 10.5 Å². The fraction of sp³-hybridized carbons (Fsp3) is 0.111. The number of rotatable bonds is 5.